The maximum Gasteiger partial charge on any atom is 0.265 e. The number of anilines is 1. The van der Waals surface area contributed by atoms with Crippen LogP contribution in [0.25, 0.3) is 0 Å². The van der Waals surface area contributed by atoms with Gasteiger partial charge < -0.3 is 20.3 Å². The molecule has 2 aliphatic rings. The number of benzene rings is 2. The molecule has 1 atom stereocenters. The molecule has 1 unspecified atom stereocenters. The molecule has 0 radical (unpaired) electrons. The summed E-state index contributed by atoms with van der Waals surface area (Å²) in [4.78, 5) is 41.8. The van der Waals surface area contributed by atoms with Crippen LogP contribution < -0.4 is 20.3 Å². The van der Waals surface area contributed by atoms with Gasteiger partial charge in [-0.05, 0) is 56.0 Å². The highest BCUT2D eigenvalue weighted by Gasteiger charge is 2.29. The van der Waals surface area contributed by atoms with E-state index in [-0.39, 0.29) is 36.9 Å². The van der Waals surface area contributed by atoms with E-state index in [1.165, 1.54) is 4.90 Å². The van der Waals surface area contributed by atoms with Gasteiger partial charge in [-0.2, -0.15) is 0 Å². The molecule has 2 heterocycles. The minimum absolute atomic E-state index is 0.00522. The molecule has 8 heteroatoms. The Morgan fingerprint density at radius 1 is 1.03 bits per heavy atom. The molecule has 35 heavy (non-hydrogen) atoms. The number of carbonyl (C=O) groups is 3. The predicted molar refractivity (Wildman–Crippen MR) is 134 cm³/mol. The van der Waals surface area contributed by atoms with Crippen molar-refractivity contribution in [2.75, 3.05) is 44.2 Å². The number of rotatable bonds is 3. The minimum Gasteiger partial charge on any atom is -0.482 e. The summed E-state index contributed by atoms with van der Waals surface area (Å²) < 4.78 is 5.54. The van der Waals surface area contributed by atoms with Gasteiger partial charge in [-0.25, -0.2) is 0 Å². The maximum absolute atomic E-state index is 13.3. The molecule has 0 aromatic heterocycles. The second-order valence-corrected chi connectivity index (χ2v) is 9.15. The van der Waals surface area contributed by atoms with E-state index in [4.69, 9.17) is 4.74 Å². The van der Waals surface area contributed by atoms with E-state index in [2.05, 4.69) is 10.6 Å². The average Bonchev–Trinajstić information content (AvgIpc) is 2.88. The Bertz CT molecular complexity index is 1040. The first-order chi connectivity index (χ1) is 17.0. The van der Waals surface area contributed by atoms with Crippen LogP contribution in [0.3, 0.4) is 0 Å². The van der Waals surface area contributed by atoms with E-state index in [1.807, 2.05) is 60.4 Å². The second-order valence-electron chi connectivity index (χ2n) is 9.15. The molecule has 0 aliphatic carbocycles. The van der Waals surface area contributed by atoms with Crippen molar-refractivity contribution in [2.45, 2.75) is 38.6 Å². The molecule has 2 N–H and O–H groups in total. The van der Waals surface area contributed by atoms with Gasteiger partial charge in [0, 0.05) is 32.1 Å². The summed E-state index contributed by atoms with van der Waals surface area (Å²) >= 11 is 0. The lowest BCUT2D eigenvalue weighted by Crippen LogP contribution is -2.47. The van der Waals surface area contributed by atoms with E-state index in [0.29, 0.717) is 43.9 Å². The van der Waals surface area contributed by atoms with Gasteiger partial charge in [-0.3, -0.25) is 19.3 Å². The number of ether oxygens (including phenoxy) is 1. The second kappa shape index (κ2) is 11.8. The van der Waals surface area contributed by atoms with E-state index in [1.54, 1.807) is 0 Å². The highest BCUT2D eigenvalue weighted by molar-refractivity contribution is 6.02. The van der Waals surface area contributed by atoms with Crippen molar-refractivity contribution in [2.24, 2.45) is 0 Å². The van der Waals surface area contributed by atoms with Crippen LogP contribution in [0.15, 0.2) is 48.5 Å². The third-order valence-electron chi connectivity index (χ3n) is 6.47. The highest BCUT2D eigenvalue weighted by Crippen LogP contribution is 2.32. The van der Waals surface area contributed by atoms with Gasteiger partial charge in [0.15, 0.2) is 6.61 Å². The van der Waals surface area contributed by atoms with Crippen LogP contribution in [0.1, 0.15) is 42.9 Å². The van der Waals surface area contributed by atoms with Gasteiger partial charge >= 0.3 is 0 Å². The van der Waals surface area contributed by atoms with Gasteiger partial charge in [-0.15, -0.1) is 0 Å². The number of nitrogens with one attached hydrogen (secondary N) is 2. The average molecular weight is 479 g/mol. The van der Waals surface area contributed by atoms with Gasteiger partial charge in [0.05, 0.1) is 5.69 Å². The van der Waals surface area contributed by atoms with Gasteiger partial charge in [0.2, 0.25) is 11.8 Å². The maximum atomic E-state index is 13.3. The number of amides is 3. The highest BCUT2D eigenvalue weighted by atomic mass is 16.5. The van der Waals surface area contributed by atoms with Crippen LogP contribution in [0.5, 0.6) is 5.75 Å². The molecule has 1 fully saturated rings. The Morgan fingerprint density at radius 2 is 1.83 bits per heavy atom. The first kappa shape index (κ1) is 24.7. The molecule has 2 aliphatic heterocycles. The van der Waals surface area contributed by atoms with E-state index in [0.717, 1.165) is 30.5 Å². The fraction of sp³-hybridized carbons (Fsp3) is 0.444. The lowest BCUT2D eigenvalue weighted by molar-refractivity contribution is -0.132. The molecule has 4 rings (SSSR count). The SMILES string of the molecule is Cc1ccc2c(c1)N(CC(=O)N1CCCCNC(c3ccccc3)CC(=O)NCCC1)C(=O)CO2. The summed E-state index contributed by atoms with van der Waals surface area (Å²) in [5.41, 5.74) is 2.74. The Kier molecular flexibility index (Phi) is 8.36. The molecule has 1 saturated heterocycles. The summed E-state index contributed by atoms with van der Waals surface area (Å²) in [5.74, 6) is 0.304. The zero-order valence-corrected chi connectivity index (χ0v) is 20.3. The number of hydrogen-bond donors (Lipinski definition) is 2. The summed E-state index contributed by atoms with van der Waals surface area (Å²) in [5, 5.41) is 6.50. The van der Waals surface area contributed by atoms with Crippen molar-refractivity contribution in [3.05, 3.63) is 59.7 Å². The van der Waals surface area contributed by atoms with Crippen LogP contribution in [0.4, 0.5) is 5.69 Å². The normalized spacial score (nSPS) is 20.0. The van der Waals surface area contributed by atoms with Crippen molar-refractivity contribution < 1.29 is 19.1 Å². The molecule has 0 bridgehead atoms. The molecule has 0 saturated carbocycles. The number of nitrogens with zero attached hydrogens (tertiary/aromatic N) is 2. The van der Waals surface area contributed by atoms with Crippen LogP contribution in [0.2, 0.25) is 0 Å². The fourth-order valence-electron chi connectivity index (χ4n) is 4.53. The standard InChI is InChI=1S/C27H34N4O4/c1-20-10-11-24-23(16-20)31(27(34)19-35-24)18-26(33)30-14-6-5-12-28-22(21-8-3-2-4-9-21)17-25(32)29-13-7-15-30/h2-4,8-11,16,22,28H,5-7,12-15,17-19H2,1H3,(H,29,32). The Balaban J connectivity index is 1.39. The van der Waals surface area contributed by atoms with E-state index >= 15 is 0 Å². The monoisotopic (exact) mass is 478 g/mol. The zero-order chi connectivity index (χ0) is 24.6. The number of carbonyl (C=O) groups excluding carboxylic acids is 3. The topological polar surface area (TPSA) is 91.0 Å². The summed E-state index contributed by atoms with van der Waals surface area (Å²) in [7, 11) is 0. The molecule has 186 valence electrons. The zero-order valence-electron chi connectivity index (χ0n) is 20.3. The third kappa shape index (κ3) is 6.60. The van der Waals surface area contributed by atoms with Crippen LogP contribution in [0, 0.1) is 6.92 Å². The molecule has 2 aromatic carbocycles. The molecule has 8 nitrogen and oxygen atoms in total. The lowest BCUT2D eigenvalue weighted by Gasteiger charge is -2.31. The number of hydrogen-bond acceptors (Lipinski definition) is 5. The van der Waals surface area contributed by atoms with Crippen molar-refractivity contribution in [3.8, 4) is 5.75 Å². The number of aryl methyl sites for hydroxylation is 1. The van der Waals surface area contributed by atoms with Crippen molar-refractivity contribution in [3.63, 3.8) is 0 Å². The van der Waals surface area contributed by atoms with Crippen LogP contribution >= 0.6 is 0 Å². The van der Waals surface area contributed by atoms with E-state index < -0.39 is 0 Å². The summed E-state index contributed by atoms with van der Waals surface area (Å²) in [6.07, 6.45) is 2.76. The first-order valence-corrected chi connectivity index (χ1v) is 12.4. The lowest BCUT2D eigenvalue weighted by atomic mass is 10.0. The first-order valence-electron chi connectivity index (χ1n) is 12.4. The molecular formula is C27H34N4O4. The van der Waals surface area contributed by atoms with E-state index in [9.17, 15) is 14.4 Å². The van der Waals surface area contributed by atoms with Gasteiger partial charge in [-0.1, -0.05) is 36.4 Å². The third-order valence-corrected chi connectivity index (χ3v) is 6.47. The van der Waals surface area contributed by atoms with Crippen LogP contribution in [-0.4, -0.2) is 62.0 Å². The van der Waals surface area contributed by atoms with Crippen molar-refractivity contribution in [1.82, 2.24) is 15.5 Å². The van der Waals surface area contributed by atoms with Gasteiger partial charge in [0.25, 0.3) is 5.91 Å². The molecule has 0 spiro atoms. The minimum atomic E-state index is -0.217. The van der Waals surface area contributed by atoms with Gasteiger partial charge in [0.1, 0.15) is 12.3 Å². The molecule has 2 aromatic rings. The molecule has 3 amide bonds. The summed E-state index contributed by atoms with van der Waals surface area (Å²) in [6.45, 7) is 4.27. The fourth-order valence-corrected chi connectivity index (χ4v) is 4.53. The Morgan fingerprint density at radius 3 is 2.66 bits per heavy atom. The predicted octanol–water partition coefficient (Wildman–Crippen LogP) is 2.57. The van der Waals surface area contributed by atoms with Crippen LogP contribution in [-0.2, 0) is 14.4 Å². The summed E-state index contributed by atoms with van der Waals surface area (Å²) in [6, 6.07) is 15.6. The Hall–Kier alpha value is -3.39. The largest absolute Gasteiger partial charge is 0.482 e. The van der Waals surface area contributed by atoms with Crippen molar-refractivity contribution >= 4 is 23.4 Å². The Labute approximate surface area is 206 Å². The number of fused-ring (bicyclic) bond motifs is 1. The molecular weight excluding hydrogens is 444 g/mol. The van der Waals surface area contributed by atoms with Crippen molar-refractivity contribution in [1.29, 1.82) is 0 Å². The quantitative estimate of drug-likeness (QED) is 0.708. The smallest absolute Gasteiger partial charge is 0.265 e.